The second-order valence-corrected chi connectivity index (χ2v) is 1.96. The van der Waals surface area contributed by atoms with Crippen LogP contribution >= 0.6 is 9.03 Å². The van der Waals surface area contributed by atoms with E-state index in [2.05, 4.69) is 9.20 Å². The molecular formula is C3H9O5P. The summed E-state index contributed by atoms with van der Waals surface area (Å²) in [5, 5.41) is 24.5. The largest absolute Gasteiger partial charge is 0.394 e. The lowest BCUT2D eigenvalue weighted by Crippen LogP contribution is -2.17. The Labute approximate surface area is 54.1 Å². The van der Waals surface area contributed by atoms with Crippen molar-refractivity contribution < 1.29 is 24.7 Å². The fourth-order valence-electron chi connectivity index (χ4n) is 0.209. The maximum atomic E-state index is 8.58. The van der Waals surface area contributed by atoms with Crippen molar-refractivity contribution in [1.82, 2.24) is 0 Å². The van der Waals surface area contributed by atoms with Crippen molar-refractivity contribution >= 4 is 9.03 Å². The molecule has 0 radical (unpaired) electrons. The van der Waals surface area contributed by atoms with Gasteiger partial charge in [-0.25, -0.2) is 5.26 Å². The third-order valence-corrected chi connectivity index (χ3v) is 0.942. The average molecular weight is 156 g/mol. The van der Waals surface area contributed by atoms with E-state index < -0.39 is 15.1 Å². The molecule has 0 aliphatic carbocycles. The molecule has 0 aliphatic heterocycles. The van der Waals surface area contributed by atoms with Gasteiger partial charge in [-0.2, -0.15) is 4.67 Å². The van der Waals surface area contributed by atoms with Crippen LogP contribution in [0.25, 0.3) is 0 Å². The normalized spacial score (nSPS) is 15.0. The highest BCUT2D eigenvalue weighted by atomic mass is 31.1. The highest BCUT2D eigenvalue weighted by Gasteiger charge is 2.00. The first-order valence-corrected chi connectivity index (χ1v) is 3.09. The smallest absolute Gasteiger partial charge is 0.194 e. The van der Waals surface area contributed by atoms with Crippen molar-refractivity contribution in [2.75, 3.05) is 13.2 Å². The lowest BCUT2D eigenvalue weighted by Gasteiger charge is -2.04. The molecule has 2 unspecified atom stereocenters. The Hall–Kier alpha value is 0.230. The van der Waals surface area contributed by atoms with E-state index in [4.69, 9.17) is 15.5 Å². The Morgan fingerprint density at radius 1 is 1.56 bits per heavy atom. The van der Waals surface area contributed by atoms with Crippen LogP contribution < -0.4 is 0 Å². The molecular weight excluding hydrogens is 147 g/mol. The van der Waals surface area contributed by atoms with Gasteiger partial charge in [-0.15, -0.1) is 0 Å². The van der Waals surface area contributed by atoms with Gasteiger partial charge < -0.3 is 14.7 Å². The first kappa shape index (κ1) is 9.23. The van der Waals surface area contributed by atoms with Gasteiger partial charge in [0.25, 0.3) is 0 Å². The van der Waals surface area contributed by atoms with Gasteiger partial charge in [-0.1, -0.05) is 0 Å². The van der Waals surface area contributed by atoms with E-state index in [1.54, 1.807) is 0 Å². The fourth-order valence-corrected chi connectivity index (χ4v) is 0.522. The second-order valence-electron chi connectivity index (χ2n) is 1.32. The molecule has 0 aromatic carbocycles. The summed E-state index contributed by atoms with van der Waals surface area (Å²) in [6.07, 6.45) is -0.896. The molecule has 0 aromatic heterocycles. The summed E-state index contributed by atoms with van der Waals surface area (Å²) in [4.78, 5) is 0. The van der Waals surface area contributed by atoms with Crippen molar-refractivity contribution in [1.29, 1.82) is 0 Å². The molecule has 6 heteroatoms. The number of hydrogen-bond acceptors (Lipinski definition) is 5. The minimum atomic E-state index is -0.896. The maximum absolute atomic E-state index is 8.58. The Morgan fingerprint density at radius 3 is 2.67 bits per heavy atom. The monoisotopic (exact) mass is 156 g/mol. The molecule has 2 atom stereocenters. The van der Waals surface area contributed by atoms with Crippen LogP contribution in [0.4, 0.5) is 0 Å². The first-order valence-electron chi connectivity index (χ1n) is 2.27. The van der Waals surface area contributed by atoms with Crippen molar-refractivity contribution in [3.05, 3.63) is 0 Å². The van der Waals surface area contributed by atoms with E-state index in [1.807, 2.05) is 0 Å². The van der Waals surface area contributed by atoms with E-state index in [0.29, 0.717) is 0 Å². The Balaban J connectivity index is 2.88. The van der Waals surface area contributed by atoms with Crippen molar-refractivity contribution in [3.8, 4) is 0 Å². The van der Waals surface area contributed by atoms with Gasteiger partial charge in [0.1, 0.15) is 6.10 Å². The minimum absolute atomic E-state index is 0.0322. The quantitative estimate of drug-likeness (QED) is 0.213. The summed E-state index contributed by atoms with van der Waals surface area (Å²) in [5.41, 5.74) is 0. The third kappa shape index (κ3) is 6.11. The molecule has 0 rings (SSSR count). The maximum Gasteiger partial charge on any atom is 0.194 e. The molecule has 0 amide bonds. The lowest BCUT2D eigenvalue weighted by atomic mass is 10.4. The molecule has 56 valence electrons. The van der Waals surface area contributed by atoms with Gasteiger partial charge in [0.05, 0.1) is 13.2 Å². The molecule has 0 saturated carbocycles. The highest BCUT2D eigenvalue weighted by molar-refractivity contribution is 7.25. The minimum Gasteiger partial charge on any atom is -0.394 e. The van der Waals surface area contributed by atoms with Gasteiger partial charge in [0, 0.05) is 0 Å². The SMILES string of the molecule is OCC(O)COPOO. The van der Waals surface area contributed by atoms with Gasteiger partial charge in [-0.3, -0.25) is 0 Å². The number of aliphatic hydroxyl groups is 2. The zero-order chi connectivity index (χ0) is 7.11. The van der Waals surface area contributed by atoms with Crippen molar-refractivity contribution in [3.63, 3.8) is 0 Å². The van der Waals surface area contributed by atoms with Gasteiger partial charge in [0.2, 0.25) is 0 Å². The molecule has 0 heterocycles. The summed E-state index contributed by atoms with van der Waals surface area (Å²) in [6.45, 7) is -0.384. The van der Waals surface area contributed by atoms with Crippen LogP contribution in [-0.4, -0.2) is 34.8 Å². The molecule has 0 aromatic rings. The molecule has 0 saturated heterocycles. The fraction of sp³-hybridized carbons (Fsp3) is 1.00. The predicted octanol–water partition coefficient (Wildman–Crippen LogP) is -0.646. The summed E-state index contributed by atoms with van der Waals surface area (Å²) in [6, 6.07) is 0. The summed E-state index contributed by atoms with van der Waals surface area (Å²) >= 11 is 0. The van der Waals surface area contributed by atoms with Gasteiger partial charge in [-0.05, 0) is 0 Å². The molecule has 3 N–H and O–H groups in total. The topological polar surface area (TPSA) is 79.2 Å². The number of aliphatic hydroxyl groups excluding tert-OH is 2. The van der Waals surface area contributed by atoms with E-state index in [9.17, 15) is 0 Å². The van der Waals surface area contributed by atoms with E-state index in [-0.39, 0.29) is 13.2 Å². The molecule has 0 fully saturated rings. The predicted molar refractivity (Wildman–Crippen MR) is 31.1 cm³/mol. The number of hydrogen-bond donors (Lipinski definition) is 3. The molecule has 5 nitrogen and oxygen atoms in total. The first-order chi connectivity index (χ1) is 4.31. The van der Waals surface area contributed by atoms with Crippen LogP contribution in [0.3, 0.4) is 0 Å². The van der Waals surface area contributed by atoms with E-state index in [0.717, 1.165) is 0 Å². The Kier molecular flexibility index (Phi) is 6.51. The Bertz CT molecular complexity index is 60.2. The Morgan fingerprint density at radius 2 is 2.22 bits per heavy atom. The highest BCUT2D eigenvalue weighted by Crippen LogP contribution is 2.10. The van der Waals surface area contributed by atoms with Crippen LogP contribution in [0, 0.1) is 0 Å². The summed E-state index contributed by atoms with van der Waals surface area (Å²) in [7, 11) is -0.505. The van der Waals surface area contributed by atoms with E-state index >= 15 is 0 Å². The van der Waals surface area contributed by atoms with Gasteiger partial charge in [0.15, 0.2) is 9.03 Å². The number of rotatable bonds is 5. The average Bonchev–Trinajstić information content (AvgIpc) is 1.89. The molecule has 0 aliphatic rings. The van der Waals surface area contributed by atoms with Crippen molar-refractivity contribution in [2.45, 2.75) is 6.10 Å². The van der Waals surface area contributed by atoms with Crippen LogP contribution in [-0.2, 0) is 9.20 Å². The molecule has 9 heavy (non-hydrogen) atoms. The van der Waals surface area contributed by atoms with Crippen molar-refractivity contribution in [2.24, 2.45) is 0 Å². The zero-order valence-corrected chi connectivity index (χ0v) is 5.65. The van der Waals surface area contributed by atoms with Crippen LogP contribution in [0.2, 0.25) is 0 Å². The summed E-state index contributed by atoms with van der Waals surface area (Å²) < 4.78 is 8.03. The molecule has 0 spiro atoms. The standard InChI is InChI=1S/C3H9O5P/c4-1-3(5)2-7-9-8-6/h3-6,9H,1-2H2. The van der Waals surface area contributed by atoms with E-state index in [1.165, 1.54) is 0 Å². The summed E-state index contributed by atoms with van der Waals surface area (Å²) in [5.74, 6) is 0. The van der Waals surface area contributed by atoms with Gasteiger partial charge >= 0.3 is 0 Å². The van der Waals surface area contributed by atoms with Crippen LogP contribution in [0.5, 0.6) is 0 Å². The van der Waals surface area contributed by atoms with Crippen LogP contribution in [0.15, 0.2) is 0 Å². The zero-order valence-electron chi connectivity index (χ0n) is 4.65. The van der Waals surface area contributed by atoms with Crippen LogP contribution in [0.1, 0.15) is 0 Å². The molecule has 0 bridgehead atoms. The second kappa shape index (κ2) is 6.35. The third-order valence-electron chi connectivity index (χ3n) is 0.583. The lowest BCUT2D eigenvalue weighted by molar-refractivity contribution is -0.134.